The number of imide groups is 1. The molecule has 0 saturated carbocycles. The molecule has 0 unspecified atom stereocenters. The van der Waals surface area contributed by atoms with Crippen LogP contribution in [0, 0.1) is 5.92 Å². The summed E-state index contributed by atoms with van der Waals surface area (Å²) in [6.45, 7) is 5.98. The summed E-state index contributed by atoms with van der Waals surface area (Å²) < 4.78 is 18.7. The third-order valence-electron chi connectivity index (χ3n) is 7.86. The van der Waals surface area contributed by atoms with Crippen molar-refractivity contribution in [3.05, 3.63) is 101 Å². The number of morpholine rings is 1. The van der Waals surface area contributed by atoms with Crippen molar-refractivity contribution < 1.29 is 28.9 Å². The molecule has 8 nitrogen and oxygen atoms in total. The number of carbonyl (C=O) groups is 2. The van der Waals surface area contributed by atoms with Crippen molar-refractivity contribution in [1.82, 2.24) is 4.90 Å². The van der Waals surface area contributed by atoms with E-state index in [0.29, 0.717) is 30.0 Å². The summed E-state index contributed by atoms with van der Waals surface area (Å²) in [6, 6.07) is 22.0. The van der Waals surface area contributed by atoms with Gasteiger partial charge in [-0.1, -0.05) is 55.5 Å². The van der Waals surface area contributed by atoms with Gasteiger partial charge in [-0.15, -0.1) is 0 Å². The highest BCUT2D eigenvalue weighted by molar-refractivity contribution is 6.34. The van der Waals surface area contributed by atoms with E-state index in [4.69, 9.17) is 14.2 Å². The predicted octanol–water partition coefficient (Wildman–Crippen LogP) is 4.10. The van der Waals surface area contributed by atoms with E-state index in [-0.39, 0.29) is 36.5 Å². The van der Waals surface area contributed by atoms with Crippen molar-refractivity contribution in [2.24, 2.45) is 5.92 Å². The fourth-order valence-electron chi connectivity index (χ4n) is 5.60. The lowest BCUT2D eigenvalue weighted by atomic mass is 9.90. The highest BCUT2D eigenvalue weighted by atomic mass is 16.7. The van der Waals surface area contributed by atoms with Crippen LogP contribution in [0.3, 0.4) is 0 Å². The van der Waals surface area contributed by atoms with E-state index < -0.39 is 6.29 Å². The zero-order valence-electron chi connectivity index (χ0n) is 21.9. The average molecular weight is 529 g/mol. The number of rotatable bonds is 6. The third-order valence-corrected chi connectivity index (χ3v) is 7.86. The van der Waals surface area contributed by atoms with Crippen LogP contribution in [0.2, 0.25) is 0 Å². The molecule has 3 aromatic rings. The van der Waals surface area contributed by atoms with Crippen molar-refractivity contribution in [2.75, 3.05) is 37.7 Å². The summed E-state index contributed by atoms with van der Waals surface area (Å²) in [6.07, 6.45) is -1.05. The Balaban J connectivity index is 1.30. The lowest BCUT2D eigenvalue weighted by Crippen LogP contribution is -2.47. The molecule has 1 N–H and O–H groups in total. The van der Waals surface area contributed by atoms with E-state index in [1.165, 1.54) is 4.90 Å². The van der Waals surface area contributed by atoms with E-state index in [0.717, 1.165) is 36.3 Å². The number of anilines is 1. The average Bonchev–Trinajstić information content (AvgIpc) is 3.24. The molecule has 3 heterocycles. The minimum Gasteiger partial charge on any atom is -0.392 e. The van der Waals surface area contributed by atoms with Gasteiger partial charge in [-0.2, -0.15) is 0 Å². The summed E-state index contributed by atoms with van der Waals surface area (Å²) in [5.41, 5.74) is 3.88. The van der Waals surface area contributed by atoms with Crippen LogP contribution in [0.5, 0.6) is 0 Å². The molecule has 0 aliphatic carbocycles. The Morgan fingerprint density at radius 3 is 2.21 bits per heavy atom. The van der Waals surface area contributed by atoms with Crippen LogP contribution >= 0.6 is 0 Å². The van der Waals surface area contributed by atoms with E-state index in [1.54, 1.807) is 36.4 Å². The highest BCUT2D eigenvalue weighted by Crippen LogP contribution is 2.42. The Morgan fingerprint density at radius 1 is 0.846 bits per heavy atom. The first-order valence-corrected chi connectivity index (χ1v) is 13.4. The van der Waals surface area contributed by atoms with Crippen LogP contribution < -0.4 is 4.90 Å². The number of ether oxygens (including phenoxy) is 3. The molecule has 8 heteroatoms. The number of nitrogens with zero attached hydrogens (tertiary/aromatic N) is 2. The number of aliphatic hydroxyl groups is 1. The van der Waals surface area contributed by atoms with Gasteiger partial charge in [-0.3, -0.25) is 14.5 Å². The second-order valence-corrected chi connectivity index (χ2v) is 10.3. The van der Waals surface area contributed by atoms with Gasteiger partial charge in [0.1, 0.15) is 0 Å². The SMILES string of the molecule is C[C@@H]1[C@H](CN2CCOCC2)O[C@H](c2cccc(N3C(=O)c4ccccc4C3=O)c2)O[C@@H]1c1ccc(CO)cc1. The molecular weight excluding hydrogens is 496 g/mol. The quantitative estimate of drug-likeness (QED) is 0.482. The van der Waals surface area contributed by atoms with Crippen molar-refractivity contribution in [3.8, 4) is 0 Å². The third kappa shape index (κ3) is 5.02. The van der Waals surface area contributed by atoms with Crippen LogP contribution in [0.4, 0.5) is 5.69 Å². The lowest BCUT2D eigenvalue weighted by Gasteiger charge is -2.43. The summed E-state index contributed by atoms with van der Waals surface area (Å²) in [5.74, 6) is -0.610. The van der Waals surface area contributed by atoms with Gasteiger partial charge >= 0.3 is 0 Å². The molecule has 3 aliphatic rings. The molecule has 4 atom stereocenters. The van der Waals surface area contributed by atoms with Gasteiger partial charge in [-0.25, -0.2) is 4.90 Å². The summed E-state index contributed by atoms with van der Waals surface area (Å²) in [4.78, 5) is 29.8. The van der Waals surface area contributed by atoms with Crippen molar-refractivity contribution in [2.45, 2.75) is 32.0 Å². The van der Waals surface area contributed by atoms with Crippen LogP contribution in [-0.2, 0) is 20.8 Å². The van der Waals surface area contributed by atoms with Gasteiger partial charge in [0.05, 0.1) is 48.8 Å². The molecular formula is C31H32N2O6. The maximum atomic E-state index is 13.1. The number of aliphatic hydroxyl groups excluding tert-OH is 1. The second-order valence-electron chi connectivity index (χ2n) is 10.3. The number of amides is 2. The molecule has 39 heavy (non-hydrogen) atoms. The van der Waals surface area contributed by atoms with Gasteiger partial charge in [0, 0.05) is 31.1 Å². The Bertz CT molecular complexity index is 1320. The Hall–Kier alpha value is -3.40. The van der Waals surface area contributed by atoms with Gasteiger partial charge < -0.3 is 19.3 Å². The number of carbonyl (C=O) groups excluding carboxylic acids is 2. The van der Waals surface area contributed by atoms with Crippen molar-refractivity contribution in [3.63, 3.8) is 0 Å². The number of hydrogen-bond acceptors (Lipinski definition) is 7. The second kappa shape index (κ2) is 11.0. The molecule has 0 radical (unpaired) electrons. The summed E-state index contributed by atoms with van der Waals surface area (Å²) in [7, 11) is 0. The lowest BCUT2D eigenvalue weighted by molar-refractivity contribution is -0.277. The fourth-order valence-corrected chi connectivity index (χ4v) is 5.60. The Morgan fingerprint density at radius 2 is 1.54 bits per heavy atom. The predicted molar refractivity (Wildman–Crippen MR) is 144 cm³/mol. The number of hydrogen-bond donors (Lipinski definition) is 1. The number of fused-ring (bicyclic) bond motifs is 1. The highest BCUT2D eigenvalue weighted by Gasteiger charge is 2.40. The molecule has 6 rings (SSSR count). The monoisotopic (exact) mass is 528 g/mol. The van der Waals surface area contributed by atoms with E-state index in [2.05, 4.69) is 11.8 Å². The smallest absolute Gasteiger partial charge is 0.266 e. The molecule has 2 amide bonds. The van der Waals surface area contributed by atoms with E-state index >= 15 is 0 Å². The fraction of sp³-hybridized carbons (Fsp3) is 0.355. The first kappa shape index (κ1) is 25.9. The largest absolute Gasteiger partial charge is 0.392 e. The molecule has 0 bridgehead atoms. The zero-order valence-corrected chi connectivity index (χ0v) is 21.9. The van der Waals surface area contributed by atoms with Gasteiger partial charge in [0.25, 0.3) is 11.8 Å². The molecule has 0 aromatic heterocycles. The first-order valence-electron chi connectivity index (χ1n) is 13.4. The maximum Gasteiger partial charge on any atom is 0.266 e. The normalized spacial score (nSPS) is 25.6. The van der Waals surface area contributed by atoms with Crippen molar-refractivity contribution in [1.29, 1.82) is 0 Å². The van der Waals surface area contributed by atoms with Crippen LogP contribution in [-0.4, -0.2) is 60.8 Å². The van der Waals surface area contributed by atoms with Crippen LogP contribution in [0.1, 0.15) is 56.7 Å². The van der Waals surface area contributed by atoms with Crippen molar-refractivity contribution >= 4 is 17.5 Å². The first-order chi connectivity index (χ1) is 19.0. The number of benzene rings is 3. The van der Waals surface area contributed by atoms with Crippen LogP contribution in [0.15, 0.2) is 72.8 Å². The molecule has 2 fully saturated rings. The van der Waals surface area contributed by atoms with Crippen LogP contribution in [0.25, 0.3) is 0 Å². The standard InChI is InChI=1S/C31H32N2O6/c1-20-27(18-32-13-15-37-16-14-32)38-31(39-28(20)22-11-9-21(19-34)10-12-22)23-5-4-6-24(17-23)33-29(35)25-7-2-3-8-26(25)30(33)36/h2-12,17,20,27-28,31,34H,13-16,18-19H2,1H3/t20-,27+,28+,31+/m1/s1. The summed E-state index contributed by atoms with van der Waals surface area (Å²) in [5, 5.41) is 9.50. The zero-order chi connectivity index (χ0) is 26.9. The minimum atomic E-state index is -0.690. The van der Waals surface area contributed by atoms with Gasteiger partial charge in [0.15, 0.2) is 6.29 Å². The van der Waals surface area contributed by atoms with E-state index in [9.17, 15) is 14.7 Å². The van der Waals surface area contributed by atoms with Gasteiger partial charge in [0.2, 0.25) is 0 Å². The molecule has 3 aliphatic heterocycles. The maximum absolute atomic E-state index is 13.1. The Labute approximate surface area is 227 Å². The molecule has 2 saturated heterocycles. The Kier molecular flexibility index (Phi) is 7.29. The molecule has 202 valence electrons. The topological polar surface area (TPSA) is 88.5 Å². The molecule has 0 spiro atoms. The van der Waals surface area contributed by atoms with Gasteiger partial charge in [-0.05, 0) is 35.4 Å². The minimum absolute atomic E-state index is 0.0165. The summed E-state index contributed by atoms with van der Waals surface area (Å²) >= 11 is 0. The van der Waals surface area contributed by atoms with E-state index in [1.807, 2.05) is 36.4 Å². The molecule has 3 aromatic carbocycles.